The number of aromatic nitrogens is 1. The molecule has 0 saturated carbocycles. The first-order chi connectivity index (χ1) is 14.2. The van der Waals surface area contributed by atoms with Crippen molar-refractivity contribution in [2.24, 2.45) is 0 Å². The van der Waals surface area contributed by atoms with Crippen molar-refractivity contribution < 1.29 is 19.2 Å². The van der Waals surface area contributed by atoms with Crippen LogP contribution in [0.4, 0.5) is 5.13 Å². The molecule has 1 N–H and O–H groups in total. The van der Waals surface area contributed by atoms with Crippen LogP contribution in [0.1, 0.15) is 13.8 Å². The van der Waals surface area contributed by atoms with Gasteiger partial charge in [0.1, 0.15) is 17.0 Å². The van der Waals surface area contributed by atoms with Crippen molar-refractivity contribution in [3.05, 3.63) is 48.5 Å². The second-order valence-corrected chi connectivity index (χ2v) is 7.67. The number of fused-ring (bicyclic) bond motifs is 1. The van der Waals surface area contributed by atoms with Gasteiger partial charge in [-0.25, -0.2) is 4.98 Å². The molecule has 0 aliphatic carbocycles. The molecular formula is C22H28N3O3S+. The molecule has 6 nitrogen and oxygen atoms in total. The third-order valence-electron chi connectivity index (χ3n) is 4.92. The SMILES string of the molecule is CC[NH+](CC)CCN(C(=O)COc1ccccc1)c1nc2c(OC)cccc2s1. The van der Waals surface area contributed by atoms with E-state index < -0.39 is 0 Å². The minimum atomic E-state index is -0.0987. The minimum absolute atomic E-state index is 0.0232. The number of anilines is 1. The quantitative estimate of drug-likeness (QED) is 0.554. The van der Waals surface area contributed by atoms with Gasteiger partial charge in [-0.1, -0.05) is 35.6 Å². The smallest absolute Gasteiger partial charge is 0.266 e. The summed E-state index contributed by atoms with van der Waals surface area (Å²) < 4.78 is 12.1. The number of rotatable bonds is 10. The van der Waals surface area contributed by atoms with E-state index >= 15 is 0 Å². The van der Waals surface area contributed by atoms with Crippen molar-refractivity contribution in [1.29, 1.82) is 0 Å². The molecule has 0 atom stereocenters. The summed E-state index contributed by atoms with van der Waals surface area (Å²) in [7, 11) is 1.63. The van der Waals surface area contributed by atoms with E-state index in [0.29, 0.717) is 23.2 Å². The summed E-state index contributed by atoms with van der Waals surface area (Å²) >= 11 is 1.50. The number of benzene rings is 2. The Bertz CT molecular complexity index is 925. The maximum Gasteiger partial charge on any atom is 0.266 e. The van der Waals surface area contributed by atoms with Gasteiger partial charge < -0.3 is 14.4 Å². The molecule has 1 amide bonds. The Morgan fingerprint density at radius 2 is 1.86 bits per heavy atom. The molecule has 0 bridgehead atoms. The van der Waals surface area contributed by atoms with Crippen molar-refractivity contribution in [3.8, 4) is 11.5 Å². The van der Waals surface area contributed by atoms with E-state index in [-0.39, 0.29) is 12.5 Å². The number of nitrogens with one attached hydrogen (secondary N) is 1. The van der Waals surface area contributed by atoms with Crippen LogP contribution in [0.25, 0.3) is 10.2 Å². The van der Waals surface area contributed by atoms with Gasteiger partial charge in [-0.05, 0) is 38.1 Å². The highest BCUT2D eigenvalue weighted by Crippen LogP contribution is 2.34. The highest BCUT2D eigenvalue weighted by Gasteiger charge is 2.22. The number of carbonyl (C=O) groups is 1. The summed E-state index contributed by atoms with van der Waals surface area (Å²) in [6.45, 7) is 7.79. The number of ether oxygens (including phenoxy) is 2. The Balaban J connectivity index is 1.83. The summed E-state index contributed by atoms with van der Waals surface area (Å²) in [6, 6.07) is 15.2. The summed E-state index contributed by atoms with van der Waals surface area (Å²) in [5.41, 5.74) is 0.784. The molecule has 7 heteroatoms. The standard InChI is InChI=1S/C22H27N3O3S/c1-4-24(5-2)14-15-25(20(26)16-28-17-10-7-6-8-11-17)22-23-21-18(27-3)12-9-13-19(21)29-22/h6-13H,4-5,14-16H2,1-3H3/p+1. The van der Waals surface area contributed by atoms with Crippen molar-refractivity contribution in [2.75, 3.05) is 44.8 Å². The van der Waals surface area contributed by atoms with Crippen LogP contribution in [0.3, 0.4) is 0 Å². The number of methoxy groups -OCH3 is 1. The van der Waals surface area contributed by atoms with Gasteiger partial charge in [0.2, 0.25) is 0 Å². The first-order valence-corrected chi connectivity index (χ1v) is 10.7. The summed E-state index contributed by atoms with van der Waals surface area (Å²) in [6.07, 6.45) is 0. The van der Waals surface area contributed by atoms with Crippen LogP contribution in [-0.4, -0.2) is 50.8 Å². The molecule has 3 rings (SSSR count). The maximum atomic E-state index is 13.1. The van der Waals surface area contributed by atoms with Crippen LogP contribution in [0, 0.1) is 0 Å². The van der Waals surface area contributed by atoms with Crippen LogP contribution in [0.5, 0.6) is 11.5 Å². The second-order valence-electron chi connectivity index (χ2n) is 6.66. The third-order valence-corrected chi connectivity index (χ3v) is 5.96. The fourth-order valence-corrected chi connectivity index (χ4v) is 4.16. The average molecular weight is 415 g/mol. The Kier molecular flexibility index (Phi) is 7.43. The lowest BCUT2D eigenvalue weighted by Gasteiger charge is -2.23. The molecule has 0 radical (unpaired) electrons. The lowest BCUT2D eigenvalue weighted by atomic mass is 10.3. The van der Waals surface area contributed by atoms with E-state index in [2.05, 4.69) is 13.8 Å². The average Bonchev–Trinajstić information content (AvgIpc) is 3.20. The number of thiazole rings is 1. The number of amides is 1. The lowest BCUT2D eigenvalue weighted by molar-refractivity contribution is -0.894. The second kappa shape index (κ2) is 10.2. The van der Waals surface area contributed by atoms with Crippen molar-refractivity contribution in [1.82, 2.24) is 4.98 Å². The fraction of sp³-hybridized carbons (Fsp3) is 0.364. The van der Waals surface area contributed by atoms with Gasteiger partial charge in [-0.2, -0.15) is 0 Å². The zero-order valence-electron chi connectivity index (χ0n) is 17.2. The molecule has 0 aliphatic heterocycles. The number of nitrogens with zero attached hydrogens (tertiary/aromatic N) is 2. The molecule has 29 heavy (non-hydrogen) atoms. The molecule has 2 aromatic carbocycles. The Hall–Kier alpha value is -2.64. The van der Waals surface area contributed by atoms with Crippen LogP contribution in [0.15, 0.2) is 48.5 Å². The number of hydrogen-bond donors (Lipinski definition) is 1. The van der Waals surface area contributed by atoms with Crippen LogP contribution < -0.4 is 19.3 Å². The molecule has 3 aromatic rings. The molecule has 0 saturated heterocycles. The number of likely N-dealkylation sites (N-methyl/N-ethyl adjacent to an activating group) is 1. The van der Waals surface area contributed by atoms with E-state index in [1.807, 2.05) is 48.5 Å². The Morgan fingerprint density at radius 1 is 1.10 bits per heavy atom. The van der Waals surface area contributed by atoms with Crippen molar-refractivity contribution >= 4 is 32.6 Å². The largest absolute Gasteiger partial charge is 0.494 e. The molecule has 154 valence electrons. The van der Waals surface area contributed by atoms with Crippen LogP contribution in [-0.2, 0) is 4.79 Å². The van der Waals surface area contributed by atoms with E-state index in [0.717, 1.165) is 29.9 Å². The van der Waals surface area contributed by atoms with Crippen LogP contribution in [0.2, 0.25) is 0 Å². The summed E-state index contributed by atoms with van der Waals surface area (Å²) in [4.78, 5) is 21.0. The zero-order valence-corrected chi connectivity index (χ0v) is 18.0. The molecule has 0 aliphatic rings. The van der Waals surface area contributed by atoms with Crippen LogP contribution >= 0.6 is 11.3 Å². The monoisotopic (exact) mass is 414 g/mol. The lowest BCUT2D eigenvalue weighted by Crippen LogP contribution is -3.12. The van der Waals surface area contributed by atoms with Gasteiger partial charge >= 0.3 is 0 Å². The third kappa shape index (κ3) is 5.25. The van der Waals surface area contributed by atoms with Crippen molar-refractivity contribution in [2.45, 2.75) is 13.8 Å². The van der Waals surface area contributed by atoms with Gasteiger partial charge in [0, 0.05) is 0 Å². The van der Waals surface area contributed by atoms with Gasteiger partial charge in [0.15, 0.2) is 11.7 Å². The highest BCUT2D eigenvalue weighted by molar-refractivity contribution is 7.22. The molecule has 0 unspecified atom stereocenters. The Morgan fingerprint density at radius 3 is 2.55 bits per heavy atom. The minimum Gasteiger partial charge on any atom is -0.494 e. The van der Waals surface area contributed by atoms with E-state index in [1.165, 1.54) is 16.2 Å². The zero-order chi connectivity index (χ0) is 20.6. The summed E-state index contributed by atoms with van der Waals surface area (Å²) in [5.74, 6) is 1.30. The Labute approximate surface area is 175 Å². The van der Waals surface area contributed by atoms with E-state index in [1.54, 1.807) is 12.0 Å². The van der Waals surface area contributed by atoms with Gasteiger partial charge in [0.05, 0.1) is 38.0 Å². The number of hydrogen-bond acceptors (Lipinski definition) is 5. The maximum absolute atomic E-state index is 13.1. The molecule has 0 spiro atoms. The first-order valence-electron chi connectivity index (χ1n) is 9.91. The summed E-state index contributed by atoms with van der Waals surface area (Å²) in [5, 5.41) is 0.678. The topological polar surface area (TPSA) is 56.1 Å². The number of quaternary nitrogens is 1. The molecular weight excluding hydrogens is 386 g/mol. The first kappa shape index (κ1) is 21.1. The predicted octanol–water partition coefficient (Wildman–Crippen LogP) is 2.64. The highest BCUT2D eigenvalue weighted by atomic mass is 32.1. The van der Waals surface area contributed by atoms with E-state index in [4.69, 9.17) is 14.5 Å². The number of carbonyl (C=O) groups excluding carboxylic acids is 1. The van der Waals surface area contributed by atoms with Gasteiger partial charge in [-0.15, -0.1) is 0 Å². The number of para-hydroxylation sites is 2. The normalized spacial score (nSPS) is 11.0. The molecule has 1 heterocycles. The predicted molar refractivity (Wildman–Crippen MR) is 117 cm³/mol. The van der Waals surface area contributed by atoms with E-state index in [9.17, 15) is 4.79 Å². The molecule has 1 aromatic heterocycles. The fourth-order valence-electron chi connectivity index (χ4n) is 3.13. The van der Waals surface area contributed by atoms with Gasteiger partial charge in [-0.3, -0.25) is 9.69 Å². The molecule has 0 fully saturated rings. The van der Waals surface area contributed by atoms with Gasteiger partial charge in [0.25, 0.3) is 5.91 Å². The van der Waals surface area contributed by atoms with Crippen molar-refractivity contribution in [3.63, 3.8) is 0 Å².